The summed E-state index contributed by atoms with van der Waals surface area (Å²) >= 11 is 0. The van der Waals surface area contributed by atoms with Crippen LogP contribution in [0.4, 0.5) is 0 Å². The number of carbonyl (C=O) groups excluding carboxylic acids is 9. The maximum absolute atomic E-state index is 14.9. The Hall–Kier alpha value is -8.08. The minimum atomic E-state index is -1.85. The van der Waals surface area contributed by atoms with E-state index in [2.05, 4.69) is 31.9 Å². The second-order valence-corrected chi connectivity index (χ2v) is 20.9. The van der Waals surface area contributed by atoms with E-state index in [1.54, 1.807) is 65.0 Å². The highest BCUT2D eigenvalue weighted by atomic mass is 16.5. The number of hydrogen-bond acceptors (Lipinski definition) is 14. The van der Waals surface area contributed by atoms with Gasteiger partial charge in [-0.1, -0.05) is 95.6 Å². The van der Waals surface area contributed by atoms with Gasteiger partial charge in [-0.05, 0) is 85.4 Å². The van der Waals surface area contributed by atoms with Crippen LogP contribution in [0.5, 0.6) is 11.5 Å². The van der Waals surface area contributed by atoms with Crippen LogP contribution in [-0.4, -0.2) is 157 Å². The molecule has 23 heteroatoms. The zero-order valence-corrected chi connectivity index (χ0v) is 46.2. The molecule has 0 saturated carbocycles. The molecule has 2 aliphatic heterocycles. The first-order valence-electron chi connectivity index (χ1n) is 27.0. The number of rotatable bonds is 19. The number of aliphatic carboxylic acids is 1. The summed E-state index contributed by atoms with van der Waals surface area (Å²) in [6.45, 7) is 9.76. The number of cyclic esters (lactones) is 1. The summed E-state index contributed by atoms with van der Waals surface area (Å²) in [6.07, 6.45) is -4.09. The van der Waals surface area contributed by atoms with Crippen LogP contribution in [0.25, 0.3) is 0 Å². The summed E-state index contributed by atoms with van der Waals surface area (Å²) in [7, 11) is 1.38. The molecule has 0 spiro atoms. The monoisotopic (exact) mass is 1110 g/mol. The number of phenols is 2. The molecule has 2 fully saturated rings. The van der Waals surface area contributed by atoms with Gasteiger partial charge >= 0.3 is 11.9 Å². The summed E-state index contributed by atoms with van der Waals surface area (Å²) in [4.78, 5) is 143. The molecule has 2 aliphatic rings. The molecule has 2 saturated heterocycles. The number of phenolic OH excluding ortho intramolecular Hbond substituents is 2. The first-order valence-corrected chi connectivity index (χ1v) is 27.0. The van der Waals surface area contributed by atoms with Crippen LogP contribution in [0.1, 0.15) is 103 Å². The Morgan fingerprint density at radius 1 is 0.713 bits per heavy atom. The number of amides is 8. The summed E-state index contributed by atoms with van der Waals surface area (Å²) < 4.78 is 5.94. The molecular formula is C57H76N8O15. The van der Waals surface area contributed by atoms with E-state index in [9.17, 15) is 68.4 Å². The van der Waals surface area contributed by atoms with Crippen molar-refractivity contribution >= 4 is 59.2 Å². The fraction of sp³-hybridized carbons (Fsp3) is 0.509. The number of carboxylic acids is 1. The van der Waals surface area contributed by atoms with Gasteiger partial charge < -0.3 is 66.9 Å². The maximum atomic E-state index is 14.9. The molecule has 23 nitrogen and oxygen atoms in total. The average Bonchev–Trinajstić information content (AvgIpc) is 3.46. The first-order chi connectivity index (χ1) is 37.9. The van der Waals surface area contributed by atoms with Crippen LogP contribution < -0.4 is 31.9 Å². The average molecular weight is 1110 g/mol. The number of aliphatic hydroxyl groups is 1. The highest BCUT2D eigenvalue weighted by Gasteiger charge is 2.47. The number of ether oxygens (including phenoxy) is 1. The number of aliphatic hydroxyl groups excluding tert-OH is 1. The number of piperidine rings is 1. The standard InChI is InChI=1S/C57H76N8O15/c1-8-13-44(68)58-41(28-35-16-20-37(66)21-17-35)50(71)60-40(56(77)78)24-26-45(69)62-48-33(6)80-57(79)47(32(5)9-2)63-52(73)43(30-34-14-11-10-12-15-34)64(7)55(76)49(31(3)4)65-46(70)27-25-39(54(65)75)59-51(72)42(61-53(48)74)29-36-18-22-38(67)23-19-36/h10-12,14-23,31-33,39-43,46-49,66-67,70H,8-9,13,24-30H2,1-7H3,(H,58,68)(H,59,72)(H,60,71)(H,61,74)(H,62,69)(H,63,73)(H,77,78)/t32-,33+,39?,40?,41-,42-,43-,46+,47-,48-,49-/m0/s1. The Bertz CT molecular complexity index is 2670. The van der Waals surface area contributed by atoms with Gasteiger partial charge in [0.15, 0.2) is 0 Å². The number of aromatic hydroxyl groups is 2. The SMILES string of the molecule is CCCC(=O)N[C@@H](Cc1ccc(O)cc1)C(=O)NC(CCC(=O)N[C@@H]1C(=O)N[C@@H](Cc2ccc(O)cc2)C(=O)NC2CC[C@@H](O)N(C2=O)[C@@H](C(C)C)C(=O)N(C)[C@@H](Cc2ccccc2)C(=O)N[C@@H]([C@@H](C)CC)C(=O)O[C@@H]1C)C(=O)O. The highest BCUT2D eigenvalue weighted by Crippen LogP contribution is 2.27. The van der Waals surface area contributed by atoms with Gasteiger partial charge in [0.2, 0.25) is 47.3 Å². The van der Waals surface area contributed by atoms with Gasteiger partial charge in [0.25, 0.3) is 0 Å². The van der Waals surface area contributed by atoms with E-state index < -0.39 is 145 Å². The molecule has 0 aromatic heterocycles. The lowest BCUT2D eigenvalue weighted by Gasteiger charge is -2.44. The minimum Gasteiger partial charge on any atom is -0.508 e. The van der Waals surface area contributed by atoms with E-state index in [1.807, 2.05) is 0 Å². The van der Waals surface area contributed by atoms with Crippen LogP contribution in [0.2, 0.25) is 0 Å². The van der Waals surface area contributed by atoms with E-state index in [4.69, 9.17) is 4.74 Å². The van der Waals surface area contributed by atoms with Gasteiger partial charge in [-0.2, -0.15) is 0 Å². The van der Waals surface area contributed by atoms with Crippen molar-refractivity contribution in [1.82, 2.24) is 41.7 Å². The molecule has 0 radical (unpaired) electrons. The molecule has 5 rings (SSSR count). The van der Waals surface area contributed by atoms with E-state index in [1.165, 1.54) is 62.5 Å². The van der Waals surface area contributed by atoms with Gasteiger partial charge in [0.1, 0.15) is 72.2 Å². The number of likely N-dealkylation sites (N-methyl/N-ethyl adjacent to an activating group) is 1. The normalized spacial score (nSPS) is 23.6. The van der Waals surface area contributed by atoms with Gasteiger partial charge in [-0.25, -0.2) is 9.59 Å². The third kappa shape index (κ3) is 17.2. The number of nitrogens with one attached hydrogen (secondary N) is 6. The van der Waals surface area contributed by atoms with Gasteiger partial charge in [-0.3, -0.25) is 38.4 Å². The predicted molar refractivity (Wildman–Crippen MR) is 289 cm³/mol. The molecule has 2 bridgehead atoms. The third-order valence-electron chi connectivity index (χ3n) is 14.4. The first kappa shape index (κ1) is 62.8. The molecule has 80 heavy (non-hydrogen) atoms. The molecule has 8 amide bonds. The smallest absolute Gasteiger partial charge is 0.329 e. The maximum Gasteiger partial charge on any atom is 0.329 e. The zero-order chi connectivity index (χ0) is 59.0. The van der Waals surface area contributed by atoms with Crippen molar-refractivity contribution in [2.75, 3.05) is 7.05 Å². The number of fused-ring (bicyclic) bond motifs is 2. The molecule has 3 aromatic rings. The third-order valence-corrected chi connectivity index (χ3v) is 14.4. The summed E-state index contributed by atoms with van der Waals surface area (Å²) in [5.41, 5.74) is 1.58. The van der Waals surface area contributed by atoms with E-state index in [0.29, 0.717) is 29.5 Å². The van der Waals surface area contributed by atoms with E-state index in [0.717, 1.165) is 9.80 Å². The number of hydrogen-bond donors (Lipinski definition) is 10. The van der Waals surface area contributed by atoms with E-state index in [-0.39, 0.29) is 50.0 Å². The van der Waals surface area contributed by atoms with Crippen LogP contribution in [0.3, 0.4) is 0 Å². The van der Waals surface area contributed by atoms with Crippen molar-refractivity contribution in [1.29, 1.82) is 0 Å². The Kier molecular flexibility index (Phi) is 22.9. The van der Waals surface area contributed by atoms with Gasteiger partial charge in [0.05, 0.1) is 0 Å². The Morgan fingerprint density at radius 2 is 1.32 bits per heavy atom. The summed E-state index contributed by atoms with van der Waals surface area (Å²) in [6, 6.07) is 8.35. The number of carbonyl (C=O) groups is 10. The summed E-state index contributed by atoms with van der Waals surface area (Å²) in [5.74, 6) is -10.7. The van der Waals surface area contributed by atoms with Gasteiger partial charge in [0, 0.05) is 39.2 Å². The highest BCUT2D eigenvalue weighted by molar-refractivity contribution is 5.98. The molecule has 0 aliphatic carbocycles. The molecule has 10 N–H and O–H groups in total. The van der Waals surface area contributed by atoms with Crippen LogP contribution in [-0.2, 0) is 71.9 Å². The molecule has 11 atom stereocenters. The topological polar surface area (TPSA) is 340 Å². The lowest BCUT2D eigenvalue weighted by Crippen LogP contribution is -2.66. The second-order valence-electron chi connectivity index (χ2n) is 20.9. The Balaban J connectivity index is 1.53. The number of nitrogens with zero attached hydrogens (tertiary/aromatic N) is 2. The fourth-order valence-corrected chi connectivity index (χ4v) is 9.56. The lowest BCUT2D eigenvalue weighted by atomic mass is 9.93. The van der Waals surface area contributed by atoms with Crippen molar-refractivity contribution in [2.45, 2.75) is 166 Å². The van der Waals surface area contributed by atoms with Crippen molar-refractivity contribution in [3.63, 3.8) is 0 Å². The van der Waals surface area contributed by atoms with Crippen molar-refractivity contribution in [3.8, 4) is 11.5 Å². The lowest BCUT2D eigenvalue weighted by molar-refractivity contribution is -0.167. The fourth-order valence-electron chi connectivity index (χ4n) is 9.56. The molecular weight excluding hydrogens is 1040 g/mol. The van der Waals surface area contributed by atoms with Crippen LogP contribution >= 0.6 is 0 Å². The molecule has 2 heterocycles. The minimum absolute atomic E-state index is 0.0443. The molecule has 3 aromatic carbocycles. The largest absolute Gasteiger partial charge is 0.508 e. The molecule has 2 unspecified atom stereocenters. The number of carboxylic acid groups (broad SMARTS) is 1. The predicted octanol–water partition coefficient (Wildman–Crippen LogP) is 1.48. The van der Waals surface area contributed by atoms with Gasteiger partial charge in [-0.15, -0.1) is 0 Å². The Labute approximate surface area is 464 Å². The quantitative estimate of drug-likeness (QED) is 0.0761. The second kappa shape index (κ2) is 29.2. The van der Waals surface area contributed by atoms with Crippen molar-refractivity contribution < 1.29 is 73.1 Å². The van der Waals surface area contributed by atoms with Crippen molar-refractivity contribution in [2.24, 2.45) is 11.8 Å². The number of esters is 1. The van der Waals surface area contributed by atoms with Crippen LogP contribution in [0.15, 0.2) is 78.9 Å². The van der Waals surface area contributed by atoms with E-state index >= 15 is 0 Å². The van der Waals surface area contributed by atoms with Crippen LogP contribution in [0, 0.1) is 11.8 Å². The number of benzene rings is 3. The van der Waals surface area contributed by atoms with Crippen molar-refractivity contribution in [3.05, 3.63) is 95.6 Å². The Morgan fingerprint density at radius 3 is 1.91 bits per heavy atom. The zero-order valence-electron chi connectivity index (χ0n) is 46.2. The molecule has 434 valence electrons. The summed E-state index contributed by atoms with van der Waals surface area (Å²) in [5, 5.41) is 57.1.